The zero-order valence-electron chi connectivity index (χ0n) is 20.2. The third kappa shape index (κ3) is 4.56. The number of carboxylic acids is 1. The van der Waals surface area contributed by atoms with E-state index in [1.807, 2.05) is 60.7 Å². The van der Waals surface area contributed by atoms with Crippen LogP contribution < -0.4 is 15.0 Å². The molecule has 5 rings (SSSR count). The molecule has 2 N–H and O–H groups in total. The summed E-state index contributed by atoms with van der Waals surface area (Å²) in [5, 5.41) is 13.5. The highest BCUT2D eigenvalue weighted by Crippen LogP contribution is 2.45. The monoisotopic (exact) mass is 542 g/mol. The van der Waals surface area contributed by atoms with Gasteiger partial charge < -0.3 is 20.1 Å². The Morgan fingerprint density at radius 1 is 1.03 bits per heavy atom. The number of hydrogen-bond donors (Lipinski definition) is 2. The first-order valence-electron chi connectivity index (χ1n) is 12.0. The summed E-state index contributed by atoms with van der Waals surface area (Å²) in [5.41, 5.74) is 6.54. The molecule has 182 valence electrons. The Morgan fingerprint density at radius 2 is 1.78 bits per heavy atom. The zero-order valence-corrected chi connectivity index (χ0v) is 21.7. The minimum Gasteiger partial charge on any atom is -0.481 e. The number of carbonyl (C=O) groups is 1. The fourth-order valence-corrected chi connectivity index (χ4v) is 5.14. The van der Waals surface area contributed by atoms with Gasteiger partial charge in [-0.1, -0.05) is 40.2 Å². The van der Waals surface area contributed by atoms with Gasteiger partial charge >= 0.3 is 5.97 Å². The first-order chi connectivity index (χ1) is 17.5. The van der Waals surface area contributed by atoms with Crippen molar-refractivity contribution in [1.82, 2.24) is 0 Å². The number of benzene rings is 3. The van der Waals surface area contributed by atoms with E-state index < -0.39 is 5.97 Å². The summed E-state index contributed by atoms with van der Waals surface area (Å²) >= 11 is 3.43. The van der Waals surface area contributed by atoms with Gasteiger partial charge in [-0.2, -0.15) is 0 Å². The Kier molecular flexibility index (Phi) is 6.70. The summed E-state index contributed by atoms with van der Waals surface area (Å²) in [6, 6.07) is 21.6. The van der Waals surface area contributed by atoms with E-state index in [1.54, 1.807) is 6.07 Å². The number of carboxylic acid groups (broad SMARTS) is 1. The van der Waals surface area contributed by atoms with Crippen molar-refractivity contribution >= 4 is 38.8 Å². The van der Waals surface area contributed by atoms with E-state index in [4.69, 9.17) is 4.74 Å². The lowest BCUT2D eigenvalue weighted by Crippen LogP contribution is -2.26. The Bertz CT molecular complexity index is 1400. The lowest BCUT2D eigenvalue weighted by atomic mass is 9.83. The van der Waals surface area contributed by atoms with Gasteiger partial charge in [0.05, 0.1) is 5.56 Å². The molecule has 1 aliphatic carbocycles. The Balaban J connectivity index is 1.71. The average molecular weight is 543 g/mol. The van der Waals surface area contributed by atoms with Gasteiger partial charge in [0.15, 0.2) is 0 Å². The highest BCUT2D eigenvalue weighted by Gasteiger charge is 2.31. The van der Waals surface area contributed by atoms with Gasteiger partial charge in [-0.15, -0.1) is 0 Å². The number of allylic oxidation sites excluding steroid dienone is 1. The van der Waals surface area contributed by atoms with Crippen molar-refractivity contribution < 1.29 is 14.6 Å². The fourth-order valence-electron chi connectivity index (χ4n) is 4.78. The molecule has 5 nitrogen and oxygen atoms in total. The van der Waals surface area contributed by atoms with Crippen molar-refractivity contribution in [3.05, 3.63) is 117 Å². The van der Waals surface area contributed by atoms with Crippen molar-refractivity contribution in [2.75, 3.05) is 23.3 Å². The van der Waals surface area contributed by atoms with Crippen LogP contribution in [0.15, 0.2) is 101 Å². The maximum absolute atomic E-state index is 12.3. The van der Waals surface area contributed by atoms with Gasteiger partial charge in [0, 0.05) is 57.4 Å². The quantitative estimate of drug-likeness (QED) is 0.332. The molecule has 0 amide bonds. The minimum absolute atomic E-state index is 0.242. The van der Waals surface area contributed by atoms with Crippen molar-refractivity contribution in [2.45, 2.75) is 20.0 Å². The molecule has 0 radical (unpaired) electrons. The van der Waals surface area contributed by atoms with Crippen molar-refractivity contribution in [1.29, 1.82) is 0 Å². The number of halogens is 1. The van der Waals surface area contributed by atoms with E-state index in [-0.39, 0.29) is 11.7 Å². The maximum atomic E-state index is 12.3. The number of para-hydroxylation sites is 1. The first kappa shape index (κ1) is 23.9. The van der Waals surface area contributed by atoms with Crippen LogP contribution in [0.25, 0.3) is 5.57 Å². The predicted octanol–water partition coefficient (Wildman–Crippen LogP) is 7.12. The lowest BCUT2D eigenvalue weighted by Gasteiger charge is -2.33. The van der Waals surface area contributed by atoms with Gasteiger partial charge in [0.1, 0.15) is 11.9 Å². The molecule has 0 saturated carbocycles. The molecule has 3 aromatic rings. The van der Waals surface area contributed by atoms with Crippen molar-refractivity contribution in [2.24, 2.45) is 0 Å². The topological polar surface area (TPSA) is 61.8 Å². The number of ether oxygens (including phenoxy) is 1. The van der Waals surface area contributed by atoms with Crippen LogP contribution in [-0.4, -0.2) is 30.3 Å². The third-order valence-corrected chi connectivity index (χ3v) is 7.01. The summed E-state index contributed by atoms with van der Waals surface area (Å²) in [6.45, 7) is 6.04. The molecule has 3 aromatic carbocycles. The lowest BCUT2D eigenvalue weighted by molar-refractivity contribution is 0.0696. The van der Waals surface area contributed by atoms with E-state index in [2.05, 4.69) is 58.2 Å². The van der Waals surface area contributed by atoms with E-state index in [1.165, 1.54) is 0 Å². The molecule has 0 bridgehead atoms. The largest absolute Gasteiger partial charge is 0.481 e. The van der Waals surface area contributed by atoms with Crippen LogP contribution in [0, 0.1) is 0 Å². The average Bonchev–Trinajstić information content (AvgIpc) is 2.89. The van der Waals surface area contributed by atoms with E-state index >= 15 is 0 Å². The maximum Gasteiger partial charge on any atom is 0.336 e. The molecular weight excluding hydrogens is 516 g/mol. The summed E-state index contributed by atoms with van der Waals surface area (Å²) in [7, 11) is 0. The third-order valence-electron chi connectivity index (χ3n) is 6.52. The summed E-state index contributed by atoms with van der Waals surface area (Å²) < 4.78 is 7.21. The van der Waals surface area contributed by atoms with Crippen LogP contribution in [0.1, 0.15) is 35.3 Å². The Morgan fingerprint density at radius 3 is 2.50 bits per heavy atom. The van der Waals surface area contributed by atoms with Crippen LogP contribution in [0.4, 0.5) is 11.4 Å². The molecule has 2 aliphatic rings. The number of hydrogen-bond acceptors (Lipinski definition) is 4. The van der Waals surface area contributed by atoms with Gasteiger partial charge in [0.2, 0.25) is 0 Å². The molecule has 36 heavy (non-hydrogen) atoms. The number of nitrogens with one attached hydrogen (secondary N) is 1. The number of aromatic carboxylic acids is 1. The number of rotatable bonds is 7. The highest BCUT2D eigenvalue weighted by molar-refractivity contribution is 9.10. The number of fused-ring (bicyclic) bond motifs is 2. The van der Waals surface area contributed by atoms with Crippen LogP contribution in [0.3, 0.4) is 0 Å². The van der Waals surface area contributed by atoms with Crippen LogP contribution in [0.2, 0.25) is 0 Å². The predicted molar refractivity (Wildman–Crippen MR) is 149 cm³/mol. The molecule has 1 aliphatic heterocycles. The molecule has 0 aromatic heterocycles. The molecule has 1 heterocycles. The highest BCUT2D eigenvalue weighted by atomic mass is 79.9. The smallest absolute Gasteiger partial charge is 0.336 e. The van der Waals surface area contributed by atoms with Gasteiger partial charge in [-0.05, 0) is 74.0 Å². The van der Waals surface area contributed by atoms with Gasteiger partial charge in [-0.3, -0.25) is 0 Å². The summed E-state index contributed by atoms with van der Waals surface area (Å²) in [5.74, 6) is -0.221. The van der Waals surface area contributed by atoms with Gasteiger partial charge in [-0.25, -0.2) is 4.79 Å². The van der Waals surface area contributed by atoms with Gasteiger partial charge in [0.25, 0.3) is 0 Å². The second-order valence-electron chi connectivity index (χ2n) is 8.67. The Hall–Kier alpha value is -3.77. The summed E-state index contributed by atoms with van der Waals surface area (Å²) in [6.07, 6.45) is 5.76. The minimum atomic E-state index is -0.971. The molecular formula is C30H27BrN2O3. The van der Waals surface area contributed by atoms with Crippen LogP contribution in [0.5, 0.6) is 5.75 Å². The normalized spacial score (nSPS) is 16.0. The van der Waals surface area contributed by atoms with E-state index in [9.17, 15) is 9.90 Å². The molecule has 0 spiro atoms. The first-order valence-corrected chi connectivity index (χ1v) is 12.8. The van der Waals surface area contributed by atoms with Crippen molar-refractivity contribution in [3.63, 3.8) is 0 Å². The molecule has 0 saturated heterocycles. The standard InChI is InChI=1S/C30H27BrN2O3/c1-3-33(4-2)22-12-14-24-28(18-22)36-27-15-11-21(32-20-8-6-5-7-9-20)17-26(27)29(24)23-13-10-19(31)16-25(23)30(34)35/h5-18,27,32H,3-4H2,1-2H3,(H,34,35). The molecule has 0 fully saturated rings. The number of anilines is 2. The van der Waals surface area contributed by atoms with E-state index in [0.717, 1.165) is 57.1 Å². The summed E-state index contributed by atoms with van der Waals surface area (Å²) in [4.78, 5) is 14.6. The SMILES string of the molecule is CCN(CC)c1ccc2c(c1)OC1C=CC(Nc3ccccc3)=CC1=C2c1ccc(Br)cc1C(=O)O. The second kappa shape index (κ2) is 10.1. The molecule has 1 unspecified atom stereocenters. The molecule has 1 atom stereocenters. The number of nitrogens with zero attached hydrogens (tertiary/aromatic N) is 1. The second-order valence-corrected chi connectivity index (χ2v) is 9.58. The fraction of sp³-hybridized carbons (Fsp3) is 0.167. The van der Waals surface area contributed by atoms with E-state index in [0.29, 0.717) is 5.56 Å². The Labute approximate surface area is 219 Å². The van der Waals surface area contributed by atoms with Crippen LogP contribution in [-0.2, 0) is 0 Å². The van der Waals surface area contributed by atoms with Crippen molar-refractivity contribution in [3.8, 4) is 5.75 Å². The zero-order chi connectivity index (χ0) is 25.2. The van der Waals surface area contributed by atoms with Crippen LogP contribution >= 0.6 is 15.9 Å². The molecule has 6 heteroatoms.